The lowest BCUT2D eigenvalue weighted by atomic mass is 9.51. The number of fused-ring (bicyclic) bond motifs is 1. The fourth-order valence-electron chi connectivity index (χ4n) is 4.31. The van der Waals surface area contributed by atoms with Gasteiger partial charge in [0.25, 0.3) is 0 Å². The maximum Gasteiger partial charge on any atom is -0.00160 e. The Kier molecular flexibility index (Phi) is 1.30. The molecule has 0 N–H and O–H groups in total. The van der Waals surface area contributed by atoms with E-state index in [-0.39, 0.29) is 0 Å². The van der Waals surface area contributed by atoms with Gasteiger partial charge in [-0.3, -0.25) is 0 Å². The highest BCUT2D eigenvalue weighted by molar-refractivity contribution is 5.28. The first kappa shape index (κ1) is 7.50. The summed E-state index contributed by atoms with van der Waals surface area (Å²) < 4.78 is 0. The van der Waals surface area contributed by atoms with E-state index in [1.54, 1.807) is 0 Å². The lowest BCUT2D eigenvalue weighted by molar-refractivity contribution is 0.0636. The second-order valence-electron chi connectivity index (χ2n) is 5.37. The van der Waals surface area contributed by atoms with Crippen molar-refractivity contribution < 1.29 is 0 Å². The van der Waals surface area contributed by atoms with Gasteiger partial charge >= 0.3 is 0 Å². The van der Waals surface area contributed by atoms with Crippen molar-refractivity contribution in [3.05, 3.63) is 36.5 Å². The second kappa shape index (κ2) is 2.42. The molecule has 0 aromatic rings. The average Bonchev–Trinajstić information content (AvgIpc) is 2.32. The fourth-order valence-corrected chi connectivity index (χ4v) is 4.31. The van der Waals surface area contributed by atoms with Gasteiger partial charge in [0.1, 0.15) is 0 Å². The maximum atomic E-state index is 2.51. The monoisotopic (exact) mass is 184 g/mol. The molecule has 6 aliphatic carbocycles. The van der Waals surface area contributed by atoms with E-state index >= 15 is 0 Å². The van der Waals surface area contributed by atoms with E-state index in [1.807, 2.05) is 0 Å². The molecule has 0 aromatic carbocycles. The van der Waals surface area contributed by atoms with E-state index in [9.17, 15) is 0 Å². The normalized spacial score (nSPS) is 56.6. The topological polar surface area (TPSA) is 0 Å². The summed E-state index contributed by atoms with van der Waals surface area (Å²) in [6.07, 6.45) is 17.8. The van der Waals surface area contributed by atoms with Crippen molar-refractivity contribution in [3.63, 3.8) is 0 Å². The van der Waals surface area contributed by atoms with E-state index in [2.05, 4.69) is 36.5 Å². The van der Waals surface area contributed by atoms with E-state index in [0.29, 0.717) is 0 Å². The largest absolute Gasteiger partial charge is 0.0848 e. The van der Waals surface area contributed by atoms with Gasteiger partial charge in [0.15, 0.2) is 0 Å². The van der Waals surface area contributed by atoms with Crippen LogP contribution in [-0.2, 0) is 0 Å². The zero-order valence-corrected chi connectivity index (χ0v) is 8.34. The van der Waals surface area contributed by atoms with Crippen LogP contribution in [0.15, 0.2) is 36.5 Å². The summed E-state index contributed by atoms with van der Waals surface area (Å²) >= 11 is 0. The van der Waals surface area contributed by atoms with E-state index < -0.39 is 0 Å². The van der Waals surface area contributed by atoms with Crippen LogP contribution in [0.2, 0.25) is 0 Å². The highest BCUT2D eigenvalue weighted by Gasteiger charge is 2.48. The van der Waals surface area contributed by atoms with Crippen LogP contribution in [0.25, 0.3) is 0 Å². The Bertz CT molecular complexity index is 298. The molecule has 4 unspecified atom stereocenters. The molecule has 1 fully saturated rings. The summed E-state index contributed by atoms with van der Waals surface area (Å²) in [5.74, 6) is 5.24. The van der Waals surface area contributed by atoms with Crippen LogP contribution in [0.3, 0.4) is 0 Å². The molecule has 6 aliphatic rings. The third kappa shape index (κ3) is 0.762. The molecule has 0 aliphatic heterocycles. The molecular weight excluding hydrogens is 168 g/mol. The van der Waals surface area contributed by atoms with Crippen LogP contribution < -0.4 is 0 Å². The molecule has 0 heteroatoms. The molecule has 0 aromatic heterocycles. The maximum absolute atomic E-state index is 2.51. The summed E-state index contributed by atoms with van der Waals surface area (Å²) in [4.78, 5) is 0. The first-order valence-corrected chi connectivity index (χ1v) is 5.98. The number of hydrogen-bond acceptors (Lipinski definition) is 0. The molecular formula is C14H16. The number of hydrogen-bond donors (Lipinski definition) is 0. The van der Waals surface area contributed by atoms with Gasteiger partial charge in [-0.25, -0.2) is 0 Å². The first-order chi connectivity index (χ1) is 6.93. The van der Waals surface area contributed by atoms with E-state index in [1.165, 1.54) is 12.8 Å². The van der Waals surface area contributed by atoms with Crippen LogP contribution >= 0.6 is 0 Å². The van der Waals surface area contributed by atoms with Crippen molar-refractivity contribution in [1.29, 1.82) is 0 Å². The number of allylic oxidation sites excluding steroid dienone is 6. The second-order valence-corrected chi connectivity index (χ2v) is 5.37. The minimum Gasteiger partial charge on any atom is -0.0848 e. The Morgan fingerprint density at radius 1 is 0.571 bits per heavy atom. The van der Waals surface area contributed by atoms with Gasteiger partial charge in [-0.2, -0.15) is 0 Å². The minimum atomic E-state index is 0.766. The third-order valence-electron chi connectivity index (χ3n) is 4.87. The van der Waals surface area contributed by atoms with Crippen LogP contribution in [0.1, 0.15) is 12.8 Å². The molecule has 4 atom stereocenters. The molecule has 1 saturated carbocycles. The Balaban J connectivity index is 1.85. The van der Waals surface area contributed by atoms with Gasteiger partial charge in [0.2, 0.25) is 0 Å². The summed E-state index contributed by atoms with van der Waals surface area (Å²) in [6.45, 7) is 0. The van der Waals surface area contributed by atoms with Crippen molar-refractivity contribution in [1.82, 2.24) is 0 Å². The molecule has 14 heavy (non-hydrogen) atoms. The Morgan fingerprint density at radius 2 is 1.00 bits per heavy atom. The van der Waals surface area contributed by atoms with Crippen LogP contribution in [0.4, 0.5) is 0 Å². The van der Waals surface area contributed by atoms with Crippen molar-refractivity contribution in [2.24, 2.45) is 35.5 Å². The van der Waals surface area contributed by atoms with Gasteiger partial charge in [-0.1, -0.05) is 36.5 Å². The predicted octanol–water partition coefficient (Wildman–Crippen LogP) is 3.19. The minimum absolute atomic E-state index is 0.766. The van der Waals surface area contributed by atoms with Crippen LogP contribution in [0.5, 0.6) is 0 Å². The Labute approximate surface area is 85.4 Å². The highest BCUT2D eigenvalue weighted by Crippen LogP contribution is 2.55. The molecule has 0 nitrogen and oxygen atoms in total. The van der Waals surface area contributed by atoms with Crippen molar-refractivity contribution in [2.75, 3.05) is 0 Å². The average molecular weight is 184 g/mol. The Hall–Kier alpha value is -0.780. The quantitative estimate of drug-likeness (QED) is 0.507. The first-order valence-electron chi connectivity index (χ1n) is 5.98. The molecule has 0 spiro atoms. The summed E-state index contributed by atoms with van der Waals surface area (Å²) in [5, 5.41) is 0. The molecule has 0 heterocycles. The van der Waals surface area contributed by atoms with Gasteiger partial charge in [-0.05, 0) is 48.3 Å². The van der Waals surface area contributed by atoms with Crippen LogP contribution in [-0.4, -0.2) is 0 Å². The highest BCUT2D eigenvalue weighted by atomic mass is 14.5. The third-order valence-corrected chi connectivity index (χ3v) is 4.87. The van der Waals surface area contributed by atoms with Gasteiger partial charge in [0.05, 0.1) is 0 Å². The molecule has 6 rings (SSSR count). The molecule has 4 bridgehead atoms. The SMILES string of the molecule is C1=CC2C=CC1C1C3C=CC(CC3)C21. The summed E-state index contributed by atoms with van der Waals surface area (Å²) in [7, 11) is 0. The van der Waals surface area contributed by atoms with Crippen molar-refractivity contribution >= 4 is 0 Å². The fraction of sp³-hybridized carbons (Fsp3) is 0.571. The van der Waals surface area contributed by atoms with Crippen molar-refractivity contribution in [3.8, 4) is 0 Å². The molecule has 72 valence electrons. The van der Waals surface area contributed by atoms with Gasteiger partial charge < -0.3 is 0 Å². The molecule has 0 amide bonds. The summed E-state index contributed by atoms with van der Waals surface area (Å²) in [6, 6.07) is 0. The van der Waals surface area contributed by atoms with Crippen LogP contribution in [0, 0.1) is 35.5 Å². The zero-order chi connectivity index (χ0) is 9.12. The zero-order valence-electron chi connectivity index (χ0n) is 8.34. The summed E-state index contributed by atoms with van der Waals surface area (Å²) in [5.41, 5.74) is 0. The lowest BCUT2D eigenvalue weighted by Crippen LogP contribution is -2.46. The van der Waals surface area contributed by atoms with Gasteiger partial charge in [-0.15, -0.1) is 0 Å². The van der Waals surface area contributed by atoms with E-state index in [4.69, 9.17) is 0 Å². The van der Waals surface area contributed by atoms with Gasteiger partial charge in [0, 0.05) is 0 Å². The predicted molar refractivity (Wildman–Crippen MR) is 57.6 cm³/mol. The molecule has 0 saturated heterocycles. The number of rotatable bonds is 0. The Morgan fingerprint density at radius 3 is 1.36 bits per heavy atom. The standard InChI is InChI=1S/C14H16/c1-2-10-4-3-9(1)13-11-5-7-12(8-6-11)14(10)13/h1-5,7,9-14H,6,8H2. The smallest absolute Gasteiger partial charge is 0.00160 e. The van der Waals surface area contributed by atoms with Crippen molar-refractivity contribution in [2.45, 2.75) is 12.8 Å². The van der Waals surface area contributed by atoms with E-state index in [0.717, 1.165) is 35.5 Å². The lowest BCUT2D eigenvalue weighted by Gasteiger charge is -2.53. The molecule has 0 radical (unpaired) electrons.